The summed E-state index contributed by atoms with van der Waals surface area (Å²) in [5.41, 5.74) is -1.61. The Balaban J connectivity index is -0.000000912. The van der Waals surface area contributed by atoms with Gasteiger partial charge in [-0.25, -0.2) is 0 Å². The molecule has 294 valence electrons. The maximum atomic E-state index is 11.3. The van der Waals surface area contributed by atoms with E-state index in [1.807, 2.05) is 6.92 Å². The van der Waals surface area contributed by atoms with Gasteiger partial charge in [-0.05, 0) is 89.9 Å². The minimum atomic E-state index is -1.61. The fourth-order valence-electron chi connectivity index (χ4n) is 5.70. The van der Waals surface area contributed by atoms with Crippen LogP contribution in [0.4, 0.5) is 0 Å². The summed E-state index contributed by atoms with van der Waals surface area (Å²) in [4.78, 5) is 33.5. The zero-order valence-corrected chi connectivity index (χ0v) is 33.0. The van der Waals surface area contributed by atoms with Crippen molar-refractivity contribution in [1.82, 2.24) is 0 Å². The van der Waals surface area contributed by atoms with Crippen molar-refractivity contribution in [3.05, 3.63) is 72.9 Å². The highest BCUT2D eigenvalue weighted by Gasteiger charge is 2.44. The van der Waals surface area contributed by atoms with Crippen molar-refractivity contribution < 1.29 is 31.1 Å². The van der Waals surface area contributed by atoms with E-state index in [9.17, 15) is 24.6 Å². The van der Waals surface area contributed by atoms with Gasteiger partial charge >= 0.3 is 17.9 Å². The van der Waals surface area contributed by atoms with Gasteiger partial charge in [-0.2, -0.15) is 0 Å². The molecule has 0 fully saturated rings. The van der Waals surface area contributed by atoms with Gasteiger partial charge in [-0.3, -0.25) is 14.4 Å². The number of hydrogen-bond donors (Lipinski definition) is 3. The second-order valence-electron chi connectivity index (χ2n) is 13.4. The summed E-state index contributed by atoms with van der Waals surface area (Å²) in [5.74, 6) is -3.18. The highest BCUT2D eigenvalue weighted by molar-refractivity contribution is 5.98. The minimum absolute atomic E-state index is 0. The van der Waals surface area contributed by atoms with Crippen LogP contribution in [-0.4, -0.2) is 33.2 Å². The molecule has 0 radical (unpaired) electrons. The number of carbonyl (C=O) groups is 3. The lowest BCUT2D eigenvalue weighted by Gasteiger charge is -2.22. The Morgan fingerprint density at radius 3 is 1.20 bits per heavy atom. The van der Waals surface area contributed by atoms with E-state index in [1.165, 1.54) is 51.4 Å². The first-order chi connectivity index (χ1) is 24.7. The molecule has 0 aromatic carbocycles. The van der Waals surface area contributed by atoms with Gasteiger partial charge in [0.2, 0.25) is 0 Å². The molecule has 1 unspecified atom stereocenters. The fourth-order valence-corrected chi connectivity index (χ4v) is 5.70. The summed E-state index contributed by atoms with van der Waals surface area (Å²) in [6, 6.07) is 0. The van der Waals surface area contributed by atoms with Gasteiger partial charge in [0, 0.05) is 1.43 Å². The average Bonchev–Trinajstić information content (AvgIpc) is 3.11. The number of allylic oxidation sites excluding steroid dienone is 12. The molecule has 0 heterocycles. The highest BCUT2D eigenvalue weighted by Crippen LogP contribution is 2.30. The Hall–Kier alpha value is -3.15. The topological polar surface area (TPSA) is 112 Å². The molecule has 0 aromatic heterocycles. The van der Waals surface area contributed by atoms with Gasteiger partial charge in [0.15, 0.2) is 5.41 Å². The molecule has 0 saturated heterocycles. The lowest BCUT2D eigenvalue weighted by molar-refractivity contribution is -0.165. The van der Waals surface area contributed by atoms with Crippen molar-refractivity contribution >= 4 is 17.9 Å². The lowest BCUT2D eigenvalue weighted by atomic mass is 9.80. The second-order valence-corrected chi connectivity index (χ2v) is 13.4. The summed E-state index contributed by atoms with van der Waals surface area (Å²) >= 11 is 0. The van der Waals surface area contributed by atoms with E-state index < -0.39 is 23.3 Å². The Kier molecular flexibility index (Phi) is 37.3. The zero-order chi connectivity index (χ0) is 38.3. The SMILES string of the molecule is CC/C=C\C/C=C\C/C=C\CCCCCCCCC(CC)(C(=O)O)C(=O)O.CC/C=C\C/C=C\C/C=C\CCCCCCCCC(CC)C(=O)O.[2HH]. The van der Waals surface area contributed by atoms with Crippen LogP contribution in [0.15, 0.2) is 72.9 Å². The molecule has 0 saturated carbocycles. The molecule has 0 rings (SSSR count). The molecule has 0 aliphatic carbocycles. The largest absolute Gasteiger partial charge is 0.481 e. The monoisotopic (exact) mass is 716 g/mol. The Labute approximate surface area is 314 Å². The van der Waals surface area contributed by atoms with Crippen molar-refractivity contribution in [3.63, 3.8) is 0 Å². The molecule has 6 heteroatoms. The zero-order valence-electron chi connectivity index (χ0n) is 33.0. The number of aliphatic carboxylic acids is 3. The van der Waals surface area contributed by atoms with Crippen LogP contribution in [0.3, 0.4) is 0 Å². The van der Waals surface area contributed by atoms with Crippen LogP contribution in [0.5, 0.6) is 0 Å². The lowest BCUT2D eigenvalue weighted by Crippen LogP contribution is -2.38. The van der Waals surface area contributed by atoms with Crippen molar-refractivity contribution in [2.75, 3.05) is 0 Å². The number of carboxylic acids is 3. The maximum Gasteiger partial charge on any atom is 0.321 e. The average molecular weight is 716 g/mol. The molecular formula is C45H78O6. The van der Waals surface area contributed by atoms with Gasteiger partial charge in [0.05, 0.1) is 5.92 Å². The molecule has 0 aliphatic rings. The normalized spacial score (nSPS) is 12.9. The van der Waals surface area contributed by atoms with Crippen molar-refractivity contribution in [2.45, 2.75) is 182 Å². The second kappa shape index (κ2) is 38.1. The van der Waals surface area contributed by atoms with Crippen LogP contribution < -0.4 is 0 Å². The predicted octanol–water partition coefficient (Wildman–Crippen LogP) is 13.9. The van der Waals surface area contributed by atoms with Crippen LogP contribution in [-0.2, 0) is 14.4 Å². The first-order valence-corrected chi connectivity index (χ1v) is 20.3. The van der Waals surface area contributed by atoms with Crippen LogP contribution >= 0.6 is 0 Å². The smallest absolute Gasteiger partial charge is 0.321 e. The third-order valence-corrected chi connectivity index (χ3v) is 9.22. The van der Waals surface area contributed by atoms with Crippen LogP contribution in [0.25, 0.3) is 0 Å². The molecule has 0 spiro atoms. The molecule has 6 nitrogen and oxygen atoms in total. The van der Waals surface area contributed by atoms with E-state index >= 15 is 0 Å². The van der Waals surface area contributed by atoms with Crippen molar-refractivity contribution in [2.24, 2.45) is 11.3 Å². The molecule has 0 aromatic rings. The van der Waals surface area contributed by atoms with Gasteiger partial charge in [-0.15, -0.1) is 0 Å². The van der Waals surface area contributed by atoms with Crippen molar-refractivity contribution in [3.8, 4) is 0 Å². The van der Waals surface area contributed by atoms with Crippen LogP contribution in [0.1, 0.15) is 183 Å². The summed E-state index contributed by atoms with van der Waals surface area (Å²) in [7, 11) is 0. The maximum absolute atomic E-state index is 11.3. The summed E-state index contributed by atoms with van der Waals surface area (Å²) in [6.45, 7) is 7.89. The van der Waals surface area contributed by atoms with Crippen LogP contribution in [0, 0.1) is 11.3 Å². The number of unbranched alkanes of at least 4 members (excludes halogenated alkanes) is 12. The Bertz CT molecular complexity index is 1010. The number of rotatable bonds is 33. The summed E-state index contributed by atoms with van der Waals surface area (Å²) in [6.07, 6.45) is 50.6. The van der Waals surface area contributed by atoms with E-state index in [0.29, 0.717) is 6.42 Å². The highest BCUT2D eigenvalue weighted by atomic mass is 16.4. The summed E-state index contributed by atoms with van der Waals surface area (Å²) < 4.78 is 0. The third kappa shape index (κ3) is 31.3. The predicted molar refractivity (Wildman–Crippen MR) is 219 cm³/mol. The van der Waals surface area contributed by atoms with E-state index in [0.717, 1.165) is 83.5 Å². The quantitative estimate of drug-likeness (QED) is 0.0354. The molecular weight excluding hydrogens is 636 g/mol. The Morgan fingerprint density at radius 2 is 0.843 bits per heavy atom. The van der Waals surface area contributed by atoms with Crippen LogP contribution in [0.2, 0.25) is 0 Å². The van der Waals surface area contributed by atoms with Gasteiger partial charge in [0.25, 0.3) is 0 Å². The third-order valence-electron chi connectivity index (χ3n) is 9.22. The molecule has 0 bridgehead atoms. The summed E-state index contributed by atoms with van der Waals surface area (Å²) in [5, 5.41) is 27.4. The number of carboxylic acid groups (broad SMARTS) is 3. The van der Waals surface area contributed by atoms with E-state index in [4.69, 9.17) is 5.11 Å². The molecule has 0 aliphatic heterocycles. The van der Waals surface area contributed by atoms with Gasteiger partial charge < -0.3 is 15.3 Å². The standard InChI is InChI=1S/C23H38O4.C22H38O2.H2/c1-3-5-6-7-8-9-10-11-12-13-14-15-16-17-18-19-20-23(4-2,21(24)25)22(26)27;1-3-5-6-7-8-9-10-11-12-13-14-15-16-17-18-19-20-21(4-2)22(23)24;/h5-6,8-9,11-12H,3-4,7,10,13-20H2,1-2H3,(H,24,25)(H,26,27);5-6,8-9,11-12,21H,3-4,7,10,13-20H2,1-2H3,(H,23,24);1H/b2*6-5-,9-8-,12-11-;/i;;1+1. The fraction of sp³-hybridized carbons (Fsp3) is 0.667. The first-order valence-electron chi connectivity index (χ1n) is 20.3. The van der Waals surface area contributed by atoms with E-state index in [2.05, 4.69) is 86.8 Å². The first kappa shape index (κ1) is 50.0. The molecule has 3 N–H and O–H groups in total. The van der Waals surface area contributed by atoms with E-state index in [1.54, 1.807) is 6.92 Å². The Morgan fingerprint density at radius 1 is 0.490 bits per heavy atom. The molecule has 1 atom stereocenters. The van der Waals surface area contributed by atoms with Gasteiger partial charge in [-0.1, -0.05) is 165 Å². The number of hydrogen-bond acceptors (Lipinski definition) is 3. The molecule has 0 amide bonds. The minimum Gasteiger partial charge on any atom is -0.481 e. The van der Waals surface area contributed by atoms with Crippen molar-refractivity contribution in [1.29, 1.82) is 0 Å². The van der Waals surface area contributed by atoms with Gasteiger partial charge in [0.1, 0.15) is 0 Å². The van der Waals surface area contributed by atoms with E-state index in [-0.39, 0.29) is 20.2 Å². The molecule has 51 heavy (non-hydrogen) atoms.